The Morgan fingerprint density at radius 3 is 2.46 bits per heavy atom. The van der Waals surface area contributed by atoms with E-state index in [4.69, 9.17) is 16.7 Å². The minimum atomic E-state index is -4.48. The molecular formula is C26H29ClF3N7. The molecule has 11 heteroatoms. The molecule has 0 amide bonds. The van der Waals surface area contributed by atoms with Crippen LogP contribution in [0.25, 0.3) is 22.8 Å². The van der Waals surface area contributed by atoms with Crippen molar-refractivity contribution in [2.24, 2.45) is 0 Å². The molecule has 1 aliphatic heterocycles. The highest BCUT2D eigenvalue weighted by Gasteiger charge is 2.35. The van der Waals surface area contributed by atoms with E-state index in [1.54, 1.807) is 13.1 Å². The molecule has 0 saturated heterocycles. The van der Waals surface area contributed by atoms with Gasteiger partial charge in [0.2, 0.25) is 0 Å². The molecule has 0 fully saturated rings. The van der Waals surface area contributed by atoms with E-state index in [-0.39, 0.29) is 12.1 Å². The molecule has 1 aromatic carbocycles. The molecule has 0 aliphatic carbocycles. The van der Waals surface area contributed by atoms with Gasteiger partial charge in [0.15, 0.2) is 5.69 Å². The van der Waals surface area contributed by atoms with Crippen LogP contribution in [-0.2, 0) is 19.3 Å². The van der Waals surface area contributed by atoms with Crippen LogP contribution in [0, 0.1) is 0 Å². The largest absolute Gasteiger partial charge is 0.434 e. The second kappa shape index (κ2) is 9.55. The van der Waals surface area contributed by atoms with Crippen molar-refractivity contribution in [1.29, 1.82) is 0 Å². The van der Waals surface area contributed by atoms with Crippen LogP contribution in [0.5, 0.6) is 0 Å². The number of alkyl halides is 3. The van der Waals surface area contributed by atoms with Crippen molar-refractivity contribution >= 4 is 17.4 Å². The van der Waals surface area contributed by atoms with Gasteiger partial charge in [-0.1, -0.05) is 35.9 Å². The topological polar surface area (TPSA) is 56.7 Å². The summed E-state index contributed by atoms with van der Waals surface area (Å²) >= 11 is 6.48. The predicted molar refractivity (Wildman–Crippen MR) is 138 cm³/mol. The molecule has 4 aromatic rings. The molecule has 196 valence electrons. The van der Waals surface area contributed by atoms with Gasteiger partial charge >= 0.3 is 6.18 Å². The van der Waals surface area contributed by atoms with Crippen molar-refractivity contribution in [2.45, 2.75) is 65.5 Å². The quantitative estimate of drug-likeness (QED) is 0.273. The zero-order valence-electron chi connectivity index (χ0n) is 21.2. The molecule has 0 unspecified atom stereocenters. The first-order chi connectivity index (χ1) is 17.6. The van der Waals surface area contributed by atoms with Crippen LogP contribution >= 0.6 is 11.6 Å². The summed E-state index contributed by atoms with van der Waals surface area (Å²) < 4.78 is 45.0. The van der Waals surface area contributed by atoms with Crippen molar-refractivity contribution < 1.29 is 13.2 Å². The van der Waals surface area contributed by atoms with Gasteiger partial charge in [-0.25, -0.2) is 9.67 Å². The predicted octanol–water partition coefficient (Wildman–Crippen LogP) is 6.85. The molecule has 1 aliphatic rings. The standard InChI is InChI=1S/C26H29ClF3N7/c1-5-34-15-22(26(28,29)30)32-25(34)19-9-7-18(8-10-19)17(4)35-11-6-12-36-23(35)13-21(33-36)24-20(27)14-31-37(24)16(2)3/h7-10,13-17H,5-6,11-12H2,1-4H3/t17-/m0/s1. The molecule has 1 atom stereocenters. The number of nitrogens with zero attached hydrogens (tertiary/aromatic N) is 7. The molecule has 0 N–H and O–H groups in total. The van der Waals surface area contributed by atoms with Crippen molar-refractivity contribution in [2.75, 3.05) is 11.4 Å². The van der Waals surface area contributed by atoms with Crippen LogP contribution < -0.4 is 4.90 Å². The normalized spacial score (nSPS) is 14.9. The van der Waals surface area contributed by atoms with E-state index in [1.165, 1.54) is 4.57 Å². The van der Waals surface area contributed by atoms with Gasteiger partial charge in [0.25, 0.3) is 0 Å². The van der Waals surface area contributed by atoms with E-state index in [2.05, 4.69) is 41.8 Å². The summed E-state index contributed by atoms with van der Waals surface area (Å²) in [7, 11) is 0. The highest BCUT2D eigenvalue weighted by atomic mass is 35.5. The number of hydrogen-bond donors (Lipinski definition) is 0. The first-order valence-electron chi connectivity index (χ1n) is 12.4. The van der Waals surface area contributed by atoms with E-state index in [0.717, 1.165) is 48.5 Å². The minimum Gasteiger partial charge on any atom is -0.350 e. The molecule has 3 aromatic heterocycles. The Labute approximate surface area is 218 Å². The van der Waals surface area contributed by atoms with Gasteiger partial charge in [0, 0.05) is 43.5 Å². The fourth-order valence-electron chi connectivity index (χ4n) is 4.90. The monoisotopic (exact) mass is 531 g/mol. The molecule has 0 spiro atoms. The maximum atomic E-state index is 13.2. The van der Waals surface area contributed by atoms with Gasteiger partial charge in [0.1, 0.15) is 23.0 Å². The molecule has 0 saturated carbocycles. The Morgan fingerprint density at radius 2 is 1.81 bits per heavy atom. The minimum absolute atomic E-state index is 0.0276. The van der Waals surface area contributed by atoms with E-state index in [1.807, 2.05) is 33.6 Å². The Hall–Kier alpha value is -3.27. The summed E-state index contributed by atoms with van der Waals surface area (Å²) in [6.45, 7) is 10.1. The van der Waals surface area contributed by atoms with Crippen molar-refractivity contribution in [3.8, 4) is 22.8 Å². The lowest BCUT2D eigenvalue weighted by Crippen LogP contribution is -2.34. The Balaban J connectivity index is 1.43. The lowest BCUT2D eigenvalue weighted by atomic mass is 10.0. The zero-order valence-corrected chi connectivity index (χ0v) is 21.9. The summed E-state index contributed by atoms with van der Waals surface area (Å²) in [4.78, 5) is 6.17. The molecule has 0 bridgehead atoms. The van der Waals surface area contributed by atoms with Gasteiger partial charge < -0.3 is 9.47 Å². The number of anilines is 1. The van der Waals surface area contributed by atoms with Crippen molar-refractivity contribution in [3.05, 3.63) is 59.0 Å². The van der Waals surface area contributed by atoms with Crippen molar-refractivity contribution in [1.82, 2.24) is 29.1 Å². The summed E-state index contributed by atoms with van der Waals surface area (Å²) in [6.07, 6.45) is -0.812. The lowest BCUT2D eigenvalue weighted by molar-refractivity contribution is -0.140. The van der Waals surface area contributed by atoms with Crippen LogP contribution in [0.2, 0.25) is 5.02 Å². The number of imidazole rings is 1. The van der Waals surface area contributed by atoms with Gasteiger partial charge in [-0.2, -0.15) is 23.4 Å². The molecule has 0 radical (unpaired) electrons. The number of hydrogen-bond acceptors (Lipinski definition) is 4. The summed E-state index contributed by atoms with van der Waals surface area (Å²) in [5.74, 6) is 1.31. The maximum absolute atomic E-state index is 13.2. The van der Waals surface area contributed by atoms with E-state index >= 15 is 0 Å². The third-order valence-electron chi connectivity index (χ3n) is 6.83. The number of rotatable bonds is 6. The van der Waals surface area contributed by atoms with Crippen LogP contribution in [0.3, 0.4) is 0 Å². The molecule has 5 rings (SSSR count). The Bertz CT molecular complexity index is 1400. The van der Waals surface area contributed by atoms with Crippen LogP contribution in [0.15, 0.2) is 42.7 Å². The summed E-state index contributed by atoms with van der Waals surface area (Å²) in [6, 6.07) is 9.83. The third-order valence-corrected chi connectivity index (χ3v) is 7.11. The van der Waals surface area contributed by atoms with Gasteiger partial charge in [-0.05, 0) is 39.7 Å². The number of aryl methyl sites for hydroxylation is 2. The van der Waals surface area contributed by atoms with Gasteiger partial charge in [-0.3, -0.25) is 4.68 Å². The average molecular weight is 532 g/mol. The fraction of sp³-hybridized carbons (Fsp3) is 0.423. The molecular weight excluding hydrogens is 503 g/mol. The van der Waals surface area contributed by atoms with Gasteiger partial charge in [-0.15, -0.1) is 0 Å². The zero-order chi connectivity index (χ0) is 26.5. The lowest BCUT2D eigenvalue weighted by Gasteiger charge is -2.35. The SMILES string of the molecule is CCn1cc(C(F)(F)F)nc1-c1ccc([C@H](C)N2CCCn3nc(-c4c(Cl)cnn4C(C)C)cc32)cc1. The number of fused-ring (bicyclic) bond motifs is 1. The summed E-state index contributed by atoms with van der Waals surface area (Å²) in [5, 5.41) is 9.83. The summed E-state index contributed by atoms with van der Waals surface area (Å²) in [5.41, 5.74) is 2.41. The first kappa shape index (κ1) is 25.4. The van der Waals surface area contributed by atoms with E-state index in [9.17, 15) is 13.2 Å². The highest BCUT2D eigenvalue weighted by molar-refractivity contribution is 6.32. The molecule has 7 nitrogen and oxygen atoms in total. The first-order valence-corrected chi connectivity index (χ1v) is 12.8. The van der Waals surface area contributed by atoms with E-state index < -0.39 is 11.9 Å². The van der Waals surface area contributed by atoms with Gasteiger partial charge in [0.05, 0.1) is 17.3 Å². The number of benzene rings is 1. The third kappa shape index (κ3) is 4.63. The highest BCUT2D eigenvalue weighted by Crippen LogP contribution is 2.37. The smallest absolute Gasteiger partial charge is 0.350 e. The molecule has 37 heavy (non-hydrogen) atoms. The average Bonchev–Trinajstić information content (AvgIpc) is 3.59. The van der Waals surface area contributed by atoms with Crippen molar-refractivity contribution in [3.63, 3.8) is 0 Å². The molecule has 4 heterocycles. The van der Waals surface area contributed by atoms with E-state index in [0.29, 0.717) is 23.0 Å². The van der Waals surface area contributed by atoms with Crippen LogP contribution in [0.1, 0.15) is 57.5 Å². The van der Waals surface area contributed by atoms with Crippen LogP contribution in [0.4, 0.5) is 19.0 Å². The second-order valence-electron chi connectivity index (χ2n) is 9.57. The van der Waals surface area contributed by atoms with Crippen LogP contribution in [-0.4, -0.2) is 35.7 Å². The maximum Gasteiger partial charge on any atom is 0.434 e. The Morgan fingerprint density at radius 1 is 1.08 bits per heavy atom. The fourth-order valence-corrected chi connectivity index (χ4v) is 5.13. The second-order valence-corrected chi connectivity index (χ2v) is 9.98. The Kier molecular flexibility index (Phi) is 6.55. The number of aromatic nitrogens is 6. The number of halogens is 4.